The molecule has 0 radical (unpaired) electrons. The van der Waals surface area contributed by atoms with Gasteiger partial charge in [0, 0.05) is 13.1 Å². The molecule has 3 aromatic rings. The van der Waals surface area contributed by atoms with Crippen LogP contribution in [0, 0.1) is 19.8 Å². The number of methoxy groups -OCH3 is 1. The van der Waals surface area contributed by atoms with E-state index in [0.29, 0.717) is 22.5 Å². The van der Waals surface area contributed by atoms with Crippen molar-refractivity contribution in [2.45, 2.75) is 52.1 Å². The van der Waals surface area contributed by atoms with Crippen LogP contribution in [-0.4, -0.2) is 51.4 Å². The molecule has 0 aliphatic carbocycles. The number of benzene rings is 3. The van der Waals surface area contributed by atoms with Gasteiger partial charge in [-0.1, -0.05) is 55.8 Å². The van der Waals surface area contributed by atoms with Crippen molar-refractivity contribution >= 4 is 43.5 Å². The first-order valence-corrected chi connectivity index (χ1v) is 15.6. The Balaban J connectivity index is 2.04. The van der Waals surface area contributed by atoms with E-state index in [1.807, 2.05) is 52.0 Å². The number of aryl methyl sites for hydroxylation is 2. The van der Waals surface area contributed by atoms with E-state index in [4.69, 9.17) is 4.74 Å². The molecule has 8 nitrogen and oxygen atoms in total. The normalized spacial score (nSPS) is 12.1. The predicted molar refractivity (Wildman–Crippen MR) is 165 cm³/mol. The van der Waals surface area contributed by atoms with Crippen molar-refractivity contribution in [3.05, 3.63) is 87.9 Å². The van der Waals surface area contributed by atoms with Crippen molar-refractivity contribution in [3.63, 3.8) is 0 Å². The maximum atomic E-state index is 14.0. The number of carbonyl (C=O) groups excluding carboxylic acids is 2. The molecule has 3 aromatic carbocycles. The molecule has 0 aliphatic heterocycles. The van der Waals surface area contributed by atoms with Gasteiger partial charge in [-0.05, 0) is 84.1 Å². The van der Waals surface area contributed by atoms with Gasteiger partial charge in [-0.25, -0.2) is 8.42 Å². The molecule has 220 valence electrons. The second-order valence-corrected chi connectivity index (χ2v) is 13.1. The molecular formula is C31H38BrN3O5S. The Kier molecular flexibility index (Phi) is 11.0. The lowest BCUT2D eigenvalue weighted by Gasteiger charge is -2.32. The van der Waals surface area contributed by atoms with Crippen LogP contribution in [0.1, 0.15) is 37.5 Å². The van der Waals surface area contributed by atoms with E-state index in [-0.39, 0.29) is 23.3 Å². The van der Waals surface area contributed by atoms with Crippen molar-refractivity contribution in [1.29, 1.82) is 0 Å². The van der Waals surface area contributed by atoms with Crippen LogP contribution in [0.5, 0.6) is 5.75 Å². The molecule has 0 heterocycles. The molecule has 1 unspecified atom stereocenters. The number of hydrogen-bond donors (Lipinski definition) is 1. The number of rotatable bonds is 12. The quantitative estimate of drug-likeness (QED) is 0.283. The zero-order chi connectivity index (χ0) is 30.3. The van der Waals surface area contributed by atoms with E-state index in [1.165, 1.54) is 24.1 Å². The minimum absolute atomic E-state index is 0.00766. The fourth-order valence-corrected chi connectivity index (χ4v) is 6.31. The number of carbonyl (C=O) groups is 2. The zero-order valence-corrected chi connectivity index (χ0v) is 26.8. The average Bonchev–Trinajstić information content (AvgIpc) is 2.94. The van der Waals surface area contributed by atoms with Gasteiger partial charge in [-0.3, -0.25) is 13.9 Å². The van der Waals surface area contributed by atoms with Crippen LogP contribution in [0.4, 0.5) is 5.69 Å². The van der Waals surface area contributed by atoms with Gasteiger partial charge in [0.15, 0.2) is 0 Å². The number of hydrogen-bond acceptors (Lipinski definition) is 5. The number of ether oxygens (including phenoxy) is 1. The summed E-state index contributed by atoms with van der Waals surface area (Å²) in [6.45, 7) is 9.59. The summed E-state index contributed by atoms with van der Waals surface area (Å²) in [5, 5.41) is 2.90. The summed E-state index contributed by atoms with van der Waals surface area (Å²) in [6, 6.07) is 18.2. The molecule has 0 spiro atoms. The van der Waals surface area contributed by atoms with Crippen molar-refractivity contribution in [3.8, 4) is 5.75 Å². The first-order chi connectivity index (χ1) is 19.3. The van der Waals surface area contributed by atoms with Crippen molar-refractivity contribution in [1.82, 2.24) is 10.2 Å². The van der Waals surface area contributed by atoms with Gasteiger partial charge < -0.3 is 15.0 Å². The van der Waals surface area contributed by atoms with E-state index in [1.54, 1.807) is 37.3 Å². The summed E-state index contributed by atoms with van der Waals surface area (Å²) in [4.78, 5) is 28.6. The van der Waals surface area contributed by atoms with Gasteiger partial charge in [0.2, 0.25) is 11.8 Å². The smallest absolute Gasteiger partial charge is 0.264 e. The van der Waals surface area contributed by atoms with Crippen LogP contribution in [0.15, 0.2) is 76.1 Å². The number of nitrogens with one attached hydrogen (secondary N) is 1. The molecule has 0 saturated heterocycles. The van der Waals surface area contributed by atoms with E-state index in [2.05, 4.69) is 21.2 Å². The molecule has 1 N–H and O–H groups in total. The largest absolute Gasteiger partial charge is 0.496 e. The van der Waals surface area contributed by atoms with Gasteiger partial charge in [-0.2, -0.15) is 0 Å². The van der Waals surface area contributed by atoms with Crippen LogP contribution in [0.3, 0.4) is 0 Å². The number of sulfonamides is 1. The molecule has 0 bridgehead atoms. The van der Waals surface area contributed by atoms with Gasteiger partial charge >= 0.3 is 0 Å². The van der Waals surface area contributed by atoms with Crippen molar-refractivity contribution in [2.24, 2.45) is 5.92 Å². The molecule has 10 heteroatoms. The van der Waals surface area contributed by atoms with E-state index in [0.717, 1.165) is 21.0 Å². The van der Waals surface area contributed by atoms with Crippen LogP contribution in [0.25, 0.3) is 0 Å². The third-order valence-electron chi connectivity index (χ3n) is 6.77. The van der Waals surface area contributed by atoms with Gasteiger partial charge in [-0.15, -0.1) is 0 Å². The lowest BCUT2D eigenvalue weighted by molar-refractivity contribution is -0.139. The Bertz CT molecular complexity index is 1480. The lowest BCUT2D eigenvalue weighted by Crippen LogP contribution is -2.51. The fraction of sp³-hybridized carbons (Fsp3) is 0.355. The summed E-state index contributed by atoms with van der Waals surface area (Å²) < 4.78 is 34.9. The highest BCUT2D eigenvalue weighted by atomic mass is 79.9. The number of halogens is 1. The second-order valence-electron chi connectivity index (χ2n) is 10.4. The maximum absolute atomic E-state index is 14.0. The molecule has 1 atom stereocenters. The molecule has 2 amide bonds. The fourth-order valence-electron chi connectivity index (χ4n) is 4.18. The van der Waals surface area contributed by atoms with Crippen molar-refractivity contribution < 1.29 is 22.7 Å². The molecule has 0 aliphatic rings. The summed E-state index contributed by atoms with van der Waals surface area (Å²) in [7, 11) is -2.70. The van der Waals surface area contributed by atoms with Crippen molar-refractivity contribution in [2.75, 3.05) is 24.5 Å². The van der Waals surface area contributed by atoms with Crippen LogP contribution in [-0.2, 0) is 26.2 Å². The Morgan fingerprint density at radius 2 is 1.63 bits per heavy atom. The first kappa shape index (κ1) is 32.1. The highest BCUT2D eigenvalue weighted by Gasteiger charge is 2.33. The SMILES string of the molecule is COc1ccc(S(=O)(=O)N(CC(=O)N(Cc2ccccc2C)C(C)C(=O)NCC(C)C)c2ccc(C)cc2)cc1Br. The summed E-state index contributed by atoms with van der Waals surface area (Å²) in [6.07, 6.45) is 0. The Hall–Kier alpha value is -3.37. The van der Waals surface area contributed by atoms with Crippen LogP contribution >= 0.6 is 15.9 Å². The maximum Gasteiger partial charge on any atom is 0.264 e. The Morgan fingerprint density at radius 3 is 2.22 bits per heavy atom. The second kappa shape index (κ2) is 14.0. The van der Waals surface area contributed by atoms with Gasteiger partial charge in [0.25, 0.3) is 10.0 Å². The molecule has 41 heavy (non-hydrogen) atoms. The number of amides is 2. The van der Waals surface area contributed by atoms with E-state index in [9.17, 15) is 18.0 Å². The monoisotopic (exact) mass is 643 g/mol. The van der Waals surface area contributed by atoms with Crippen LogP contribution < -0.4 is 14.4 Å². The molecule has 0 saturated carbocycles. The molecule has 3 rings (SSSR count). The predicted octanol–water partition coefficient (Wildman–Crippen LogP) is 5.46. The van der Waals surface area contributed by atoms with E-state index < -0.39 is 28.5 Å². The van der Waals surface area contributed by atoms with Crippen LogP contribution in [0.2, 0.25) is 0 Å². The number of anilines is 1. The third kappa shape index (κ3) is 8.10. The third-order valence-corrected chi connectivity index (χ3v) is 9.16. The van der Waals surface area contributed by atoms with Gasteiger partial charge in [0.05, 0.1) is 22.2 Å². The number of nitrogens with zero attached hydrogens (tertiary/aromatic N) is 2. The highest BCUT2D eigenvalue weighted by molar-refractivity contribution is 9.10. The highest BCUT2D eigenvalue weighted by Crippen LogP contribution is 2.31. The molecular weight excluding hydrogens is 606 g/mol. The topological polar surface area (TPSA) is 96.0 Å². The Labute approximate surface area is 251 Å². The zero-order valence-electron chi connectivity index (χ0n) is 24.3. The average molecular weight is 645 g/mol. The van der Waals surface area contributed by atoms with Gasteiger partial charge in [0.1, 0.15) is 18.3 Å². The molecule has 0 fully saturated rings. The summed E-state index contributed by atoms with van der Waals surface area (Å²) >= 11 is 3.36. The van der Waals surface area contributed by atoms with E-state index >= 15 is 0 Å². The summed E-state index contributed by atoms with van der Waals surface area (Å²) in [5.74, 6) is -0.0909. The Morgan fingerprint density at radius 1 is 0.976 bits per heavy atom. The first-order valence-electron chi connectivity index (χ1n) is 13.4. The standard InChI is InChI=1S/C31H38BrN3O5S/c1-21(2)18-33-31(37)24(5)34(19-25-10-8-7-9-23(25)4)30(36)20-35(26-13-11-22(3)12-14-26)41(38,39)27-15-16-29(40-6)28(32)17-27/h7-17,21,24H,18-20H2,1-6H3,(H,33,37). The minimum atomic E-state index is -4.19. The molecule has 0 aromatic heterocycles. The summed E-state index contributed by atoms with van der Waals surface area (Å²) in [5.41, 5.74) is 3.12. The minimum Gasteiger partial charge on any atom is -0.496 e. The lowest BCUT2D eigenvalue weighted by atomic mass is 10.1.